The minimum Gasteiger partial charge on any atom is -0.463 e. The highest BCUT2D eigenvalue weighted by Gasteiger charge is 2.23. The Morgan fingerprint density at radius 1 is 1.16 bits per heavy atom. The number of hydrogen-bond donors (Lipinski definition) is 0. The molecule has 25 heavy (non-hydrogen) atoms. The van der Waals surface area contributed by atoms with Crippen molar-refractivity contribution in [3.8, 4) is 0 Å². The van der Waals surface area contributed by atoms with Gasteiger partial charge in [0.15, 0.2) is 0 Å². The van der Waals surface area contributed by atoms with Crippen LogP contribution in [0.1, 0.15) is 38.7 Å². The molecule has 1 aromatic carbocycles. The molecule has 0 N–H and O–H groups in total. The Morgan fingerprint density at radius 2 is 1.84 bits per heavy atom. The zero-order valence-electron chi connectivity index (χ0n) is 15.1. The topological polar surface area (TPSA) is 55.8 Å². The number of likely N-dealkylation sites (tertiary alicyclic amines) is 1. The van der Waals surface area contributed by atoms with Gasteiger partial charge in [-0.15, -0.1) is 0 Å². The molecule has 1 heterocycles. The second kappa shape index (κ2) is 9.87. The minimum atomic E-state index is -0.249. The summed E-state index contributed by atoms with van der Waals surface area (Å²) in [6, 6.07) is 9.69. The third kappa shape index (κ3) is 6.25. The maximum atomic E-state index is 12.1. The number of carbonyl (C=O) groups excluding carboxylic acids is 2. The van der Waals surface area contributed by atoms with Crippen LogP contribution in [0.5, 0.6) is 0 Å². The monoisotopic (exact) mass is 345 g/mol. The van der Waals surface area contributed by atoms with Crippen molar-refractivity contribution in [1.29, 1.82) is 0 Å². The van der Waals surface area contributed by atoms with Crippen molar-refractivity contribution < 1.29 is 19.1 Å². The SMILES string of the molecule is CCOC(=O)/C(C)=C/CC1CCN(C(=O)OCc2ccccc2)CC1. The summed E-state index contributed by atoms with van der Waals surface area (Å²) >= 11 is 0. The predicted octanol–water partition coefficient (Wildman–Crippen LogP) is 3.93. The molecular formula is C20H27NO4. The molecule has 136 valence electrons. The molecule has 0 aromatic heterocycles. The predicted molar refractivity (Wildman–Crippen MR) is 95.9 cm³/mol. The first kappa shape index (κ1) is 19.0. The highest BCUT2D eigenvalue weighted by molar-refractivity contribution is 5.87. The standard InChI is InChI=1S/C20H27NO4/c1-3-24-19(22)16(2)9-10-17-11-13-21(14-12-17)20(23)25-15-18-7-5-4-6-8-18/h4-9,17H,3,10-15H2,1-2H3/b16-9+. The number of esters is 1. The van der Waals surface area contributed by atoms with Gasteiger partial charge in [0, 0.05) is 18.7 Å². The first-order valence-corrected chi connectivity index (χ1v) is 8.89. The molecule has 5 heteroatoms. The highest BCUT2D eigenvalue weighted by Crippen LogP contribution is 2.22. The lowest BCUT2D eigenvalue weighted by Gasteiger charge is -2.30. The number of benzene rings is 1. The molecule has 0 saturated carbocycles. The van der Waals surface area contributed by atoms with Gasteiger partial charge >= 0.3 is 12.1 Å². The van der Waals surface area contributed by atoms with Crippen LogP contribution in [0.15, 0.2) is 42.0 Å². The molecule has 2 rings (SSSR count). The van der Waals surface area contributed by atoms with Crippen LogP contribution in [0.4, 0.5) is 4.79 Å². The number of piperidine rings is 1. The molecule has 1 aliphatic rings. The molecule has 1 aromatic rings. The van der Waals surface area contributed by atoms with Gasteiger partial charge in [-0.1, -0.05) is 36.4 Å². The molecular weight excluding hydrogens is 318 g/mol. The minimum absolute atomic E-state index is 0.246. The number of carbonyl (C=O) groups is 2. The Hall–Kier alpha value is -2.30. The van der Waals surface area contributed by atoms with Gasteiger partial charge in [0.25, 0.3) is 0 Å². The smallest absolute Gasteiger partial charge is 0.410 e. The van der Waals surface area contributed by atoms with E-state index in [0.29, 0.717) is 37.8 Å². The molecule has 0 unspecified atom stereocenters. The van der Waals surface area contributed by atoms with Crippen LogP contribution in [0.3, 0.4) is 0 Å². The van der Waals surface area contributed by atoms with Crippen molar-refractivity contribution in [2.75, 3.05) is 19.7 Å². The number of nitrogens with zero attached hydrogens (tertiary/aromatic N) is 1. The van der Waals surface area contributed by atoms with E-state index < -0.39 is 0 Å². The van der Waals surface area contributed by atoms with E-state index in [0.717, 1.165) is 24.8 Å². The second-order valence-electron chi connectivity index (χ2n) is 6.31. The van der Waals surface area contributed by atoms with Crippen molar-refractivity contribution in [1.82, 2.24) is 4.90 Å². The fraction of sp³-hybridized carbons (Fsp3) is 0.500. The van der Waals surface area contributed by atoms with E-state index in [4.69, 9.17) is 9.47 Å². The largest absolute Gasteiger partial charge is 0.463 e. The fourth-order valence-electron chi connectivity index (χ4n) is 2.83. The van der Waals surface area contributed by atoms with Crippen LogP contribution in [0.2, 0.25) is 0 Å². The van der Waals surface area contributed by atoms with Crippen molar-refractivity contribution >= 4 is 12.1 Å². The van der Waals surface area contributed by atoms with Gasteiger partial charge in [0.1, 0.15) is 6.61 Å². The number of amides is 1. The molecule has 0 radical (unpaired) electrons. The average Bonchev–Trinajstić information content (AvgIpc) is 2.65. The molecule has 1 amide bonds. The summed E-state index contributed by atoms with van der Waals surface area (Å²) in [4.78, 5) is 25.5. The van der Waals surface area contributed by atoms with Gasteiger partial charge in [-0.2, -0.15) is 0 Å². The van der Waals surface area contributed by atoms with E-state index in [2.05, 4.69) is 0 Å². The van der Waals surface area contributed by atoms with Gasteiger partial charge in [0.2, 0.25) is 0 Å². The van der Waals surface area contributed by atoms with E-state index in [-0.39, 0.29) is 12.1 Å². The Bertz CT molecular complexity index is 589. The zero-order chi connectivity index (χ0) is 18.1. The second-order valence-corrected chi connectivity index (χ2v) is 6.31. The van der Waals surface area contributed by atoms with Gasteiger partial charge in [-0.25, -0.2) is 9.59 Å². The number of allylic oxidation sites excluding steroid dienone is 1. The summed E-state index contributed by atoms with van der Waals surface area (Å²) in [6.45, 7) is 5.69. The van der Waals surface area contributed by atoms with E-state index in [1.165, 1.54) is 0 Å². The molecule has 0 spiro atoms. The third-order valence-electron chi connectivity index (χ3n) is 4.43. The van der Waals surface area contributed by atoms with E-state index in [1.807, 2.05) is 36.4 Å². The van der Waals surface area contributed by atoms with Crippen molar-refractivity contribution in [2.45, 2.75) is 39.7 Å². The molecule has 1 aliphatic heterocycles. The average molecular weight is 345 g/mol. The maximum Gasteiger partial charge on any atom is 0.410 e. The van der Waals surface area contributed by atoms with Crippen LogP contribution in [0.25, 0.3) is 0 Å². The summed E-state index contributed by atoms with van der Waals surface area (Å²) in [5, 5.41) is 0. The lowest BCUT2D eigenvalue weighted by atomic mass is 9.93. The molecule has 1 fully saturated rings. The lowest BCUT2D eigenvalue weighted by molar-refractivity contribution is -0.138. The molecule has 0 atom stereocenters. The van der Waals surface area contributed by atoms with Crippen LogP contribution in [-0.4, -0.2) is 36.7 Å². The third-order valence-corrected chi connectivity index (χ3v) is 4.43. The Balaban J connectivity index is 1.71. The molecule has 0 aliphatic carbocycles. The van der Waals surface area contributed by atoms with Crippen LogP contribution < -0.4 is 0 Å². The lowest BCUT2D eigenvalue weighted by Crippen LogP contribution is -2.38. The molecule has 5 nitrogen and oxygen atoms in total. The van der Waals surface area contributed by atoms with Crippen molar-refractivity contribution in [3.05, 3.63) is 47.5 Å². The highest BCUT2D eigenvalue weighted by atomic mass is 16.6. The Kier molecular flexibility index (Phi) is 7.51. The van der Waals surface area contributed by atoms with E-state index >= 15 is 0 Å². The van der Waals surface area contributed by atoms with E-state index in [9.17, 15) is 9.59 Å². The summed E-state index contributed by atoms with van der Waals surface area (Å²) < 4.78 is 10.4. The number of ether oxygens (including phenoxy) is 2. The number of rotatable bonds is 6. The Morgan fingerprint density at radius 3 is 2.48 bits per heavy atom. The Labute approximate surface area is 149 Å². The quantitative estimate of drug-likeness (QED) is 0.579. The molecule has 0 bridgehead atoms. The summed E-state index contributed by atoms with van der Waals surface area (Å²) in [7, 11) is 0. The first-order valence-electron chi connectivity index (χ1n) is 8.89. The fourth-order valence-corrected chi connectivity index (χ4v) is 2.83. The summed E-state index contributed by atoms with van der Waals surface area (Å²) in [5.41, 5.74) is 1.65. The van der Waals surface area contributed by atoms with Gasteiger partial charge in [0.05, 0.1) is 6.61 Å². The van der Waals surface area contributed by atoms with Gasteiger partial charge < -0.3 is 14.4 Å². The van der Waals surface area contributed by atoms with Gasteiger partial charge in [-0.3, -0.25) is 0 Å². The first-order chi connectivity index (χ1) is 12.1. The summed E-state index contributed by atoms with van der Waals surface area (Å²) in [5.74, 6) is 0.243. The van der Waals surface area contributed by atoms with Crippen LogP contribution in [0, 0.1) is 5.92 Å². The van der Waals surface area contributed by atoms with Crippen LogP contribution in [-0.2, 0) is 20.9 Å². The molecule has 1 saturated heterocycles. The van der Waals surface area contributed by atoms with Gasteiger partial charge in [-0.05, 0) is 44.6 Å². The van der Waals surface area contributed by atoms with Crippen LogP contribution >= 0.6 is 0 Å². The number of hydrogen-bond acceptors (Lipinski definition) is 4. The van der Waals surface area contributed by atoms with Crippen molar-refractivity contribution in [2.24, 2.45) is 5.92 Å². The normalized spacial score (nSPS) is 15.8. The zero-order valence-corrected chi connectivity index (χ0v) is 15.1. The summed E-state index contributed by atoms with van der Waals surface area (Å²) in [6.07, 6.45) is 4.39. The maximum absolute atomic E-state index is 12.1. The van der Waals surface area contributed by atoms with E-state index in [1.54, 1.807) is 18.7 Å². The van der Waals surface area contributed by atoms with Crippen molar-refractivity contribution in [3.63, 3.8) is 0 Å².